The summed E-state index contributed by atoms with van der Waals surface area (Å²) in [5.41, 5.74) is 8.15. The van der Waals surface area contributed by atoms with Crippen LogP contribution >= 0.6 is 0 Å². The number of nitrogens with two attached hydrogens (primary N) is 1. The maximum absolute atomic E-state index is 12.1. The van der Waals surface area contributed by atoms with Crippen LogP contribution in [-0.2, 0) is 17.8 Å². The Bertz CT molecular complexity index is 417. The molecule has 1 atom stereocenters. The van der Waals surface area contributed by atoms with Gasteiger partial charge < -0.3 is 10.6 Å². The van der Waals surface area contributed by atoms with E-state index < -0.39 is 6.04 Å². The summed E-state index contributed by atoms with van der Waals surface area (Å²) in [5, 5.41) is 0. The molecule has 2 heterocycles. The van der Waals surface area contributed by atoms with E-state index in [2.05, 4.69) is 4.98 Å². The maximum atomic E-state index is 12.1. The van der Waals surface area contributed by atoms with Crippen LogP contribution in [0.2, 0.25) is 0 Å². The van der Waals surface area contributed by atoms with Gasteiger partial charge in [0.15, 0.2) is 0 Å². The molecule has 0 unspecified atom stereocenters. The van der Waals surface area contributed by atoms with Gasteiger partial charge in [0.05, 0.1) is 6.04 Å². The Morgan fingerprint density at radius 2 is 2.29 bits per heavy atom. The molecule has 4 heteroatoms. The minimum Gasteiger partial charge on any atom is -0.337 e. The molecular weight excluding hydrogens is 214 g/mol. The Morgan fingerprint density at radius 1 is 1.53 bits per heavy atom. The number of nitrogens with zero attached hydrogens (tertiary/aromatic N) is 2. The predicted molar refractivity (Wildman–Crippen MR) is 66.2 cm³/mol. The van der Waals surface area contributed by atoms with E-state index in [0.29, 0.717) is 6.54 Å². The molecular formula is C13H19N3O. The topological polar surface area (TPSA) is 59.2 Å². The zero-order valence-corrected chi connectivity index (χ0v) is 10.4. The third kappa shape index (κ3) is 2.47. The Labute approximate surface area is 102 Å². The molecule has 0 aromatic carbocycles. The molecule has 1 aromatic heterocycles. The molecule has 92 valence electrons. The van der Waals surface area contributed by atoms with Crippen LogP contribution in [0.1, 0.15) is 25.1 Å². The lowest BCUT2D eigenvalue weighted by Gasteiger charge is -2.31. The second kappa shape index (κ2) is 4.84. The highest BCUT2D eigenvalue weighted by Gasteiger charge is 2.26. The van der Waals surface area contributed by atoms with Crippen molar-refractivity contribution in [3.05, 3.63) is 29.6 Å². The molecule has 1 aromatic rings. The van der Waals surface area contributed by atoms with Crippen LogP contribution in [0.5, 0.6) is 0 Å². The number of hydrogen-bond acceptors (Lipinski definition) is 3. The second-order valence-corrected chi connectivity index (χ2v) is 4.89. The first-order chi connectivity index (χ1) is 8.09. The summed E-state index contributed by atoms with van der Waals surface area (Å²) in [5.74, 6) is 0.229. The SMILES string of the molecule is CC(C)[C@H](N)C(=O)N1CCc2ncccc2C1. The monoisotopic (exact) mass is 233 g/mol. The number of hydrogen-bond donors (Lipinski definition) is 1. The molecule has 0 saturated heterocycles. The van der Waals surface area contributed by atoms with E-state index in [-0.39, 0.29) is 11.8 Å². The van der Waals surface area contributed by atoms with Crippen molar-refractivity contribution in [1.29, 1.82) is 0 Å². The summed E-state index contributed by atoms with van der Waals surface area (Å²) >= 11 is 0. The highest BCUT2D eigenvalue weighted by atomic mass is 16.2. The van der Waals surface area contributed by atoms with Crippen molar-refractivity contribution in [3.8, 4) is 0 Å². The fourth-order valence-electron chi connectivity index (χ4n) is 2.05. The van der Waals surface area contributed by atoms with Crippen LogP contribution in [0.4, 0.5) is 0 Å². The zero-order chi connectivity index (χ0) is 12.4. The van der Waals surface area contributed by atoms with Crippen molar-refractivity contribution < 1.29 is 4.79 Å². The van der Waals surface area contributed by atoms with Gasteiger partial charge in [0.25, 0.3) is 0 Å². The van der Waals surface area contributed by atoms with E-state index in [1.165, 1.54) is 0 Å². The van der Waals surface area contributed by atoms with Crippen molar-refractivity contribution >= 4 is 5.91 Å². The number of rotatable bonds is 2. The van der Waals surface area contributed by atoms with Gasteiger partial charge in [-0.2, -0.15) is 0 Å². The molecule has 1 aliphatic rings. The van der Waals surface area contributed by atoms with E-state index in [1.807, 2.05) is 30.9 Å². The van der Waals surface area contributed by atoms with Crippen molar-refractivity contribution in [2.75, 3.05) is 6.54 Å². The number of carbonyl (C=O) groups excluding carboxylic acids is 1. The smallest absolute Gasteiger partial charge is 0.240 e. The van der Waals surface area contributed by atoms with Crippen LogP contribution < -0.4 is 5.73 Å². The standard InChI is InChI=1S/C13H19N3O/c1-9(2)12(14)13(17)16-7-5-11-10(8-16)4-3-6-15-11/h3-4,6,9,12H,5,7-8,14H2,1-2H3/t12-/m0/s1. The number of fused-ring (bicyclic) bond motifs is 1. The Kier molecular flexibility index (Phi) is 3.43. The molecule has 0 fully saturated rings. The highest BCUT2D eigenvalue weighted by molar-refractivity contribution is 5.82. The molecule has 1 aliphatic heterocycles. The summed E-state index contributed by atoms with van der Waals surface area (Å²) in [4.78, 5) is 18.3. The highest BCUT2D eigenvalue weighted by Crippen LogP contribution is 2.17. The lowest BCUT2D eigenvalue weighted by atomic mass is 10.0. The lowest BCUT2D eigenvalue weighted by molar-refractivity contribution is -0.134. The van der Waals surface area contributed by atoms with Crippen LogP contribution in [0.3, 0.4) is 0 Å². The van der Waals surface area contributed by atoms with Gasteiger partial charge in [-0.25, -0.2) is 0 Å². The van der Waals surface area contributed by atoms with Gasteiger partial charge in [0.2, 0.25) is 5.91 Å². The van der Waals surface area contributed by atoms with Crippen LogP contribution in [0, 0.1) is 5.92 Å². The Balaban J connectivity index is 2.10. The van der Waals surface area contributed by atoms with Gasteiger partial charge in [-0.3, -0.25) is 9.78 Å². The van der Waals surface area contributed by atoms with E-state index >= 15 is 0 Å². The van der Waals surface area contributed by atoms with E-state index in [9.17, 15) is 4.79 Å². The molecule has 2 rings (SSSR count). The summed E-state index contributed by atoms with van der Waals surface area (Å²) in [6, 6.07) is 3.55. The molecule has 4 nitrogen and oxygen atoms in total. The first kappa shape index (κ1) is 12.0. The van der Waals surface area contributed by atoms with Crippen LogP contribution in [0.25, 0.3) is 0 Å². The third-order valence-electron chi connectivity index (χ3n) is 3.28. The fourth-order valence-corrected chi connectivity index (χ4v) is 2.05. The molecule has 0 aliphatic carbocycles. The minimum absolute atomic E-state index is 0.0505. The molecule has 17 heavy (non-hydrogen) atoms. The van der Waals surface area contributed by atoms with Crippen LogP contribution in [-0.4, -0.2) is 28.4 Å². The van der Waals surface area contributed by atoms with Crippen LogP contribution in [0.15, 0.2) is 18.3 Å². The molecule has 1 amide bonds. The largest absolute Gasteiger partial charge is 0.337 e. The van der Waals surface area contributed by atoms with Crippen molar-refractivity contribution in [1.82, 2.24) is 9.88 Å². The van der Waals surface area contributed by atoms with Gasteiger partial charge in [-0.15, -0.1) is 0 Å². The number of pyridine rings is 1. The van der Waals surface area contributed by atoms with E-state index in [0.717, 1.165) is 24.2 Å². The summed E-state index contributed by atoms with van der Waals surface area (Å²) < 4.78 is 0. The molecule has 0 saturated carbocycles. The normalized spacial score (nSPS) is 16.8. The molecule has 2 N–H and O–H groups in total. The average molecular weight is 233 g/mol. The molecule has 0 spiro atoms. The van der Waals surface area contributed by atoms with Gasteiger partial charge in [0, 0.05) is 31.4 Å². The van der Waals surface area contributed by atoms with Crippen molar-refractivity contribution in [2.45, 2.75) is 32.9 Å². The average Bonchev–Trinajstić information content (AvgIpc) is 2.36. The molecule has 0 bridgehead atoms. The Hall–Kier alpha value is -1.42. The summed E-state index contributed by atoms with van der Waals surface area (Å²) in [6.07, 6.45) is 2.63. The quantitative estimate of drug-likeness (QED) is 0.827. The zero-order valence-electron chi connectivity index (χ0n) is 10.4. The van der Waals surface area contributed by atoms with E-state index in [1.54, 1.807) is 6.20 Å². The lowest BCUT2D eigenvalue weighted by Crippen LogP contribution is -2.48. The number of amides is 1. The van der Waals surface area contributed by atoms with E-state index in [4.69, 9.17) is 5.73 Å². The predicted octanol–water partition coefficient (Wildman–Crippen LogP) is 0.950. The van der Waals surface area contributed by atoms with Crippen molar-refractivity contribution in [2.24, 2.45) is 11.7 Å². The minimum atomic E-state index is -0.395. The van der Waals surface area contributed by atoms with Gasteiger partial charge in [0.1, 0.15) is 0 Å². The first-order valence-electron chi connectivity index (χ1n) is 6.06. The molecule has 0 radical (unpaired) electrons. The first-order valence-corrected chi connectivity index (χ1v) is 6.06. The van der Waals surface area contributed by atoms with Crippen molar-refractivity contribution in [3.63, 3.8) is 0 Å². The fraction of sp³-hybridized carbons (Fsp3) is 0.538. The Morgan fingerprint density at radius 3 is 3.00 bits per heavy atom. The number of carbonyl (C=O) groups is 1. The summed E-state index contributed by atoms with van der Waals surface area (Å²) in [7, 11) is 0. The maximum Gasteiger partial charge on any atom is 0.240 e. The van der Waals surface area contributed by atoms with Gasteiger partial charge >= 0.3 is 0 Å². The third-order valence-corrected chi connectivity index (χ3v) is 3.28. The van der Waals surface area contributed by atoms with Gasteiger partial charge in [-0.1, -0.05) is 19.9 Å². The number of aromatic nitrogens is 1. The second-order valence-electron chi connectivity index (χ2n) is 4.89. The van der Waals surface area contributed by atoms with Gasteiger partial charge in [-0.05, 0) is 17.5 Å². The summed E-state index contributed by atoms with van der Waals surface area (Å²) in [6.45, 7) is 5.32.